The predicted octanol–water partition coefficient (Wildman–Crippen LogP) is 4.49. The van der Waals surface area contributed by atoms with Crippen molar-refractivity contribution in [1.29, 1.82) is 5.26 Å². The highest BCUT2D eigenvalue weighted by atomic mass is 35.5. The predicted molar refractivity (Wildman–Crippen MR) is 128 cm³/mol. The molecule has 0 radical (unpaired) electrons. The summed E-state index contributed by atoms with van der Waals surface area (Å²) in [7, 11) is -3.81. The number of para-hydroxylation sites is 1. The molecule has 33 heavy (non-hydrogen) atoms. The Morgan fingerprint density at radius 2 is 1.88 bits per heavy atom. The number of hydrogen-bond donors (Lipinski definition) is 1. The average Bonchev–Trinajstić information content (AvgIpc) is 2.82. The SMILES string of the molecule is N#CCCN(Cc1cccnc1)C(=O)/C=C/c1ccc(S(=O)(=O)Nc2ccccc2Cl)cc1. The van der Waals surface area contributed by atoms with Gasteiger partial charge >= 0.3 is 0 Å². The van der Waals surface area contributed by atoms with Gasteiger partial charge < -0.3 is 4.90 Å². The van der Waals surface area contributed by atoms with E-state index in [1.165, 1.54) is 18.2 Å². The first-order valence-corrected chi connectivity index (χ1v) is 11.9. The average molecular weight is 481 g/mol. The van der Waals surface area contributed by atoms with Crippen LogP contribution < -0.4 is 4.72 Å². The maximum absolute atomic E-state index is 12.7. The molecular formula is C24H21ClN4O3S. The van der Waals surface area contributed by atoms with Gasteiger partial charge in [-0.2, -0.15) is 5.26 Å². The van der Waals surface area contributed by atoms with E-state index in [0.29, 0.717) is 29.4 Å². The minimum absolute atomic E-state index is 0.0677. The van der Waals surface area contributed by atoms with Gasteiger partial charge in [-0.1, -0.05) is 41.9 Å². The molecule has 1 aromatic heterocycles. The van der Waals surface area contributed by atoms with Crippen LogP contribution in [-0.4, -0.2) is 30.8 Å². The topological polar surface area (TPSA) is 103 Å². The van der Waals surface area contributed by atoms with Crippen LogP contribution in [-0.2, 0) is 21.4 Å². The number of nitrogens with zero attached hydrogens (tertiary/aromatic N) is 3. The van der Waals surface area contributed by atoms with Gasteiger partial charge in [-0.15, -0.1) is 0 Å². The van der Waals surface area contributed by atoms with Crippen LogP contribution in [0.5, 0.6) is 0 Å². The molecule has 0 saturated heterocycles. The zero-order valence-corrected chi connectivity index (χ0v) is 19.1. The lowest BCUT2D eigenvalue weighted by Gasteiger charge is -2.19. The van der Waals surface area contributed by atoms with E-state index in [1.807, 2.05) is 12.1 Å². The minimum atomic E-state index is -3.81. The van der Waals surface area contributed by atoms with E-state index in [-0.39, 0.29) is 17.2 Å². The molecule has 7 nitrogen and oxygen atoms in total. The molecule has 168 valence electrons. The summed E-state index contributed by atoms with van der Waals surface area (Å²) < 4.78 is 27.7. The second-order valence-corrected chi connectivity index (χ2v) is 9.11. The van der Waals surface area contributed by atoms with Crippen LogP contribution in [0.4, 0.5) is 5.69 Å². The Balaban J connectivity index is 1.69. The fourth-order valence-electron chi connectivity index (χ4n) is 2.94. The summed E-state index contributed by atoms with van der Waals surface area (Å²) in [4.78, 5) is 18.4. The zero-order chi connectivity index (χ0) is 23.7. The van der Waals surface area contributed by atoms with Crippen LogP contribution in [0, 0.1) is 11.3 Å². The lowest BCUT2D eigenvalue weighted by Crippen LogP contribution is -2.29. The van der Waals surface area contributed by atoms with Gasteiger partial charge in [0.1, 0.15) is 0 Å². The number of anilines is 1. The first kappa shape index (κ1) is 24.0. The largest absolute Gasteiger partial charge is 0.334 e. The molecule has 0 unspecified atom stereocenters. The molecule has 0 bridgehead atoms. The summed E-state index contributed by atoms with van der Waals surface area (Å²) in [5, 5.41) is 9.19. The molecule has 1 N–H and O–H groups in total. The molecule has 0 aliphatic heterocycles. The lowest BCUT2D eigenvalue weighted by atomic mass is 10.2. The van der Waals surface area contributed by atoms with Gasteiger partial charge in [0.2, 0.25) is 5.91 Å². The molecule has 0 aliphatic carbocycles. The van der Waals surface area contributed by atoms with Crippen molar-refractivity contribution >= 4 is 39.3 Å². The number of halogens is 1. The molecular weight excluding hydrogens is 460 g/mol. The highest BCUT2D eigenvalue weighted by molar-refractivity contribution is 7.92. The van der Waals surface area contributed by atoms with Gasteiger partial charge in [-0.3, -0.25) is 14.5 Å². The molecule has 1 amide bonds. The van der Waals surface area contributed by atoms with Gasteiger partial charge in [-0.25, -0.2) is 8.42 Å². The van der Waals surface area contributed by atoms with Crippen LogP contribution in [0.3, 0.4) is 0 Å². The van der Waals surface area contributed by atoms with E-state index >= 15 is 0 Å². The van der Waals surface area contributed by atoms with Gasteiger partial charge in [-0.05, 0) is 47.5 Å². The van der Waals surface area contributed by atoms with Crippen LogP contribution in [0.1, 0.15) is 17.5 Å². The number of hydrogen-bond acceptors (Lipinski definition) is 5. The van der Waals surface area contributed by atoms with E-state index < -0.39 is 10.0 Å². The van der Waals surface area contributed by atoms with E-state index in [9.17, 15) is 13.2 Å². The Bertz CT molecular complexity index is 1270. The standard InChI is InChI=1S/C24H21ClN4O3S/c25-22-6-1-2-7-23(22)28-33(31,32)21-11-8-19(9-12-21)10-13-24(30)29(16-4-14-26)18-20-5-3-15-27-17-20/h1-3,5-13,15,17,28H,4,16,18H2/b13-10+. The lowest BCUT2D eigenvalue weighted by molar-refractivity contribution is -0.126. The van der Waals surface area contributed by atoms with Crippen LogP contribution in [0.25, 0.3) is 6.08 Å². The first-order valence-electron chi connectivity index (χ1n) is 9.99. The highest BCUT2D eigenvalue weighted by Crippen LogP contribution is 2.24. The van der Waals surface area contributed by atoms with Gasteiger partial charge in [0.15, 0.2) is 0 Å². The maximum atomic E-state index is 12.7. The van der Waals surface area contributed by atoms with Crippen molar-refractivity contribution < 1.29 is 13.2 Å². The van der Waals surface area contributed by atoms with Crippen LogP contribution in [0.2, 0.25) is 5.02 Å². The second-order valence-electron chi connectivity index (χ2n) is 7.02. The summed E-state index contributed by atoms with van der Waals surface area (Å²) in [5.41, 5.74) is 1.80. The van der Waals surface area contributed by atoms with E-state index in [0.717, 1.165) is 5.56 Å². The first-order chi connectivity index (χ1) is 15.9. The number of aromatic nitrogens is 1. The molecule has 0 aliphatic rings. The van der Waals surface area contributed by atoms with E-state index in [4.69, 9.17) is 16.9 Å². The summed E-state index contributed by atoms with van der Waals surface area (Å²) >= 11 is 6.03. The van der Waals surface area contributed by atoms with Gasteiger partial charge in [0.25, 0.3) is 10.0 Å². The zero-order valence-electron chi connectivity index (χ0n) is 17.6. The third-order valence-electron chi connectivity index (χ3n) is 4.63. The van der Waals surface area contributed by atoms with Gasteiger partial charge in [0, 0.05) is 31.6 Å². The summed E-state index contributed by atoms with van der Waals surface area (Å²) in [6, 6.07) is 18.4. The van der Waals surface area contributed by atoms with Crippen molar-refractivity contribution in [2.45, 2.75) is 17.9 Å². The number of carbonyl (C=O) groups excluding carboxylic acids is 1. The maximum Gasteiger partial charge on any atom is 0.261 e. The van der Waals surface area contributed by atoms with Crippen molar-refractivity contribution in [3.8, 4) is 6.07 Å². The molecule has 0 saturated carbocycles. The number of amides is 1. The molecule has 0 fully saturated rings. The Hall–Kier alpha value is -3.67. The Kier molecular flexibility index (Phi) is 8.19. The number of benzene rings is 2. The smallest absolute Gasteiger partial charge is 0.261 e. The number of nitrogens with one attached hydrogen (secondary N) is 1. The highest BCUT2D eigenvalue weighted by Gasteiger charge is 2.15. The van der Waals surface area contributed by atoms with E-state index in [2.05, 4.69) is 9.71 Å². The van der Waals surface area contributed by atoms with Crippen molar-refractivity contribution in [3.63, 3.8) is 0 Å². The summed E-state index contributed by atoms with van der Waals surface area (Å²) in [5.74, 6) is -0.258. The Morgan fingerprint density at radius 1 is 1.12 bits per heavy atom. The Labute approximate surface area is 198 Å². The van der Waals surface area contributed by atoms with Crippen molar-refractivity contribution in [2.24, 2.45) is 0 Å². The van der Waals surface area contributed by atoms with Crippen molar-refractivity contribution in [3.05, 3.63) is 95.3 Å². The molecule has 2 aromatic carbocycles. The van der Waals surface area contributed by atoms with Crippen LogP contribution >= 0.6 is 11.6 Å². The molecule has 3 rings (SSSR count). The minimum Gasteiger partial charge on any atom is -0.334 e. The molecule has 1 heterocycles. The molecule has 9 heteroatoms. The van der Waals surface area contributed by atoms with Crippen molar-refractivity contribution in [1.82, 2.24) is 9.88 Å². The Morgan fingerprint density at radius 3 is 2.55 bits per heavy atom. The summed E-state index contributed by atoms with van der Waals surface area (Å²) in [6.07, 6.45) is 6.54. The third-order valence-corrected chi connectivity index (χ3v) is 6.34. The number of rotatable bonds is 9. The number of pyridine rings is 1. The van der Waals surface area contributed by atoms with Crippen LogP contribution in [0.15, 0.2) is 84.0 Å². The summed E-state index contributed by atoms with van der Waals surface area (Å²) in [6.45, 7) is 0.628. The van der Waals surface area contributed by atoms with E-state index in [1.54, 1.807) is 65.8 Å². The normalized spacial score (nSPS) is 11.2. The second kappa shape index (κ2) is 11.3. The molecule has 0 spiro atoms. The number of sulfonamides is 1. The quantitative estimate of drug-likeness (QED) is 0.454. The molecule has 3 aromatic rings. The number of carbonyl (C=O) groups is 1. The number of nitriles is 1. The van der Waals surface area contributed by atoms with Crippen molar-refractivity contribution in [2.75, 3.05) is 11.3 Å². The fourth-order valence-corrected chi connectivity index (χ4v) is 4.26. The monoisotopic (exact) mass is 480 g/mol. The molecule has 0 atom stereocenters. The third kappa shape index (κ3) is 6.91. The van der Waals surface area contributed by atoms with Gasteiger partial charge in [0.05, 0.1) is 28.1 Å². The fraction of sp³-hybridized carbons (Fsp3) is 0.125.